The molecule has 0 fully saturated rings. The lowest BCUT2D eigenvalue weighted by Gasteiger charge is -2.27. The largest absolute Gasteiger partial charge is 0.339 e. The lowest BCUT2D eigenvalue weighted by Crippen LogP contribution is -2.56. The fourth-order valence-electron chi connectivity index (χ4n) is 2.01. The van der Waals surface area contributed by atoms with Crippen molar-refractivity contribution in [3.05, 3.63) is 70.0 Å². The predicted molar refractivity (Wildman–Crippen MR) is 110 cm³/mol. The van der Waals surface area contributed by atoms with Crippen LogP contribution >= 0.6 is 47.0 Å². The lowest BCUT2D eigenvalue weighted by molar-refractivity contribution is -0.384. The van der Waals surface area contributed by atoms with Gasteiger partial charge < -0.3 is 16.0 Å². The van der Waals surface area contributed by atoms with Gasteiger partial charge >= 0.3 is 0 Å². The predicted octanol–water partition coefficient (Wildman–Crippen LogP) is 4.15. The van der Waals surface area contributed by atoms with Gasteiger partial charge in [-0.25, -0.2) is 4.39 Å². The third-order valence-electron chi connectivity index (χ3n) is 3.30. The summed E-state index contributed by atoms with van der Waals surface area (Å²) >= 11 is 22.8. The summed E-state index contributed by atoms with van der Waals surface area (Å²) in [6.45, 7) is 0. The Bertz CT molecular complexity index is 893. The summed E-state index contributed by atoms with van der Waals surface area (Å²) in [6, 6.07) is 10.4. The van der Waals surface area contributed by atoms with Crippen LogP contribution in [0.25, 0.3) is 0 Å². The quantitative estimate of drug-likeness (QED) is 0.202. The second kappa shape index (κ2) is 9.33. The van der Waals surface area contributed by atoms with Gasteiger partial charge in [0.2, 0.25) is 3.79 Å². The van der Waals surface area contributed by atoms with E-state index in [-0.39, 0.29) is 16.4 Å². The number of nitro benzene ring substituents is 1. The van der Waals surface area contributed by atoms with Crippen LogP contribution in [0.1, 0.15) is 10.4 Å². The molecule has 2 rings (SSSR count). The average molecular weight is 466 g/mol. The highest BCUT2D eigenvalue weighted by atomic mass is 35.6. The summed E-state index contributed by atoms with van der Waals surface area (Å²) in [4.78, 5) is 22.6. The van der Waals surface area contributed by atoms with Crippen LogP contribution < -0.4 is 16.0 Å². The van der Waals surface area contributed by atoms with Gasteiger partial charge in [0.1, 0.15) is 12.0 Å². The van der Waals surface area contributed by atoms with Gasteiger partial charge in [-0.1, -0.05) is 40.9 Å². The van der Waals surface area contributed by atoms with Crippen molar-refractivity contribution >= 4 is 69.4 Å². The molecule has 12 heteroatoms. The number of carbonyl (C=O) groups excluding carboxylic acids is 1. The van der Waals surface area contributed by atoms with Gasteiger partial charge in [-0.3, -0.25) is 14.9 Å². The Morgan fingerprint density at radius 3 is 2.36 bits per heavy atom. The molecule has 0 unspecified atom stereocenters. The molecule has 1 atom stereocenters. The molecular weight excluding hydrogens is 454 g/mol. The average Bonchev–Trinajstić information content (AvgIpc) is 2.62. The van der Waals surface area contributed by atoms with Crippen LogP contribution in [0.5, 0.6) is 0 Å². The van der Waals surface area contributed by atoms with E-state index in [1.165, 1.54) is 42.5 Å². The lowest BCUT2D eigenvalue weighted by atomic mass is 10.2. The molecule has 3 N–H and O–H groups in total. The molecule has 0 spiro atoms. The second-order valence-corrected chi connectivity index (χ2v) is 8.14. The van der Waals surface area contributed by atoms with Gasteiger partial charge in [0.25, 0.3) is 11.6 Å². The van der Waals surface area contributed by atoms with E-state index >= 15 is 0 Å². The van der Waals surface area contributed by atoms with E-state index < -0.39 is 26.6 Å². The molecule has 0 aliphatic rings. The first-order valence-corrected chi connectivity index (χ1v) is 9.05. The van der Waals surface area contributed by atoms with Crippen molar-refractivity contribution in [3.63, 3.8) is 0 Å². The maximum Gasteiger partial charge on any atom is 0.270 e. The number of hydrogen-bond acceptors (Lipinski definition) is 4. The molecule has 0 bridgehead atoms. The molecule has 7 nitrogen and oxygen atoms in total. The van der Waals surface area contributed by atoms with Crippen molar-refractivity contribution in [2.75, 3.05) is 5.32 Å². The molecule has 0 aliphatic carbocycles. The van der Waals surface area contributed by atoms with Crippen LogP contribution in [-0.2, 0) is 0 Å². The monoisotopic (exact) mass is 464 g/mol. The molecule has 0 saturated carbocycles. The summed E-state index contributed by atoms with van der Waals surface area (Å²) < 4.78 is 10.9. The highest BCUT2D eigenvalue weighted by molar-refractivity contribution is 7.80. The fourth-order valence-corrected chi connectivity index (χ4v) is 2.57. The minimum atomic E-state index is -2.01. The zero-order valence-corrected chi connectivity index (χ0v) is 16.9. The molecule has 2 aromatic carbocycles. The summed E-state index contributed by atoms with van der Waals surface area (Å²) in [5.74, 6) is -1.15. The molecule has 148 valence electrons. The van der Waals surface area contributed by atoms with Gasteiger partial charge in [0.15, 0.2) is 5.11 Å². The van der Waals surface area contributed by atoms with Crippen molar-refractivity contribution in [1.29, 1.82) is 0 Å². The van der Waals surface area contributed by atoms with Crippen LogP contribution in [-0.4, -0.2) is 25.9 Å². The number of nitro groups is 1. The zero-order chi connectivity index (χ0) is 20.9. The molecule has 1 amide bonds. The number of nitrogens with one attached hydrogen (secondary N) is 3. The van der Waals surface area contributed by atoms with Crippen molar-refractivity contribution < 1.29 is 14.1 Å². The fraction of sp³-hybridized carbons (Fsp3) is 0.125. The molecule has 0 radical (unpaired) electrons. The summed E-state index contributed by atoms with van der Waals surface area (Å²) in [5.41, 5.74) is 0.194. The Hall–Kier alpha value is -2.20. The first kappa shape index (κ1) is 22.1. The van der Waals surface area contributed by atoms with Gasteiger partial charge in [-0.2, -0.15) is 0 Å². The van der Waals surface area contributed by atoms with Crippen molar-refractivity contribution in [2.24, 2.45) is 0 Å². The van der Waals surface area contributed by atoms with Crippen LogP contribution in [0.15, 0.2) is 48.5 Å². The van der Waals surface area contributed by atoms with Gasteiger partial charge in [-0.05, 0) is 42.5 Å². The smallest absolute Gasteiger partial charge is 0.270 e. The molecule has 2 aromatic rings. The number of amides is 1. The first-order valence-electron chi connectivity index (χ1n) is 7.51. The first-order chi connectivity index (χ1) is 13.1. The number of benzene rings is 2. The Morgan fingerprint density at radius 1 is 1.14 bits per heavy atom. The van der Waals surface area contributed by atoms with E-state index in [0.29, 0.717) is 5.69 Å². The van der Waals surface area contributed by atoms with Crippen LogP contribution in [0.3, 0.4) is 0 Å². The van der Waals surface area contributed by atoms with Crippen molar-refractivity contribution in [3.8, 4) is 0 Å². The normalized spacial score (nSPS) is 12.0. The minimum Gasteiger partial charge on any atom is -0.339 e. The van der Waals surface area contributed by atoms with E-state index in [0.717, 1.165) is 6.07 Å². The number of thiocarbonyl (C=S) groups is 1. The van der Waals surface area contributed by atoms with Gasteiger partial charge in [-0.15, -0.1) is 0 Å². The number of nitrogens with zero attached hydrogens (tertiary/aromatic N) is 1. The summed E-state index contributed by atoms with van der Waals surface area (Å²) in [6.07, 6.45) is -1.27. The molecular formula is C16H12Cl3FN4O3S. The summed E-state index contributed by atoms with van der Waals surface area (Å²) in [7, 11) is 0. The topological polar surface area (TPSA) is 96.3 Å². The standard InChI is InChI=1S/C16H12Cl3FN4O3S/c17-16(18,19)14(23-15(28)21-11-6-4-10(20)5-7-11)22-13(25)9-2-1-3-12(8-9)24(26)27/h1-8,14H,(H,22,25)(H2,21,23,28)/t14-/m1/s1. The molecule has 28 heavy (non-hydrogen) atoms. The number of anilines is 1. The second-order valence-electron chi connectivity index (χ2n) is 5.36. The van der Waals surface area contributed by atoms with Gasteiger partial charge in [0.05, 0.1) is 4.92 Å². The van der Waals surface area contributed by atoms with Crippen LogP contribution in [0, 0.1) is 15.9 Å². The van der Waals surface area contributed by atoms with E-state index in [9.17, 15) is 19.3 Å². The third-order valence-corrected chi connectivity index (χ3v) is 4.17. The van der Waals surface area contributed by atoms with E-state index in [2.05, 4.69) is 16.0 Å². The Labute approximate surface area is 179 Å². The Morgan fingerprint density at radius 2 is 1.79 bits per heavy atom. The number of hydrogen-bond donors (Lipinski definition) is 3. The van der Waals surface area contributed by atoms with E-state index in [1.54, 1.807) is 0 Å². The maximum absolute atomic E-state index is 13.0. The number of alkyl halides is 3. The highest BCUT2D eigenvalue weighted by Crippen LogP contribution is 2.29. The number of rotatable bonds is 5. The van der Waals surface area contributed by atoms with E-state index in [4.69, 9.17) is 47.0 Å². The number of non-ortho nitro benzene ring substituents is 1. The maximum atomic E-state index is 13.0. The Balaban J connectivity index is 2.10. The van der Waals surface area contributed by atoms with Gasteiger partial charge in [0, 0.05) is 23.4 Å². The summed E-state index contributed by atoms with van der Waals surface area (Å²) in [5, 5.41) is 18.6. The molecule has 0 heterocycles. The van der Waals surface area contributed by atoms with Crippen molar-refractivity contribution in [1.82, 2.24) is 10.6 Å². The van der Waals surface area contributed by atoms with Crippen LogP contribution in [0.2, 0.25) is 0 Å². The molecule has 0 saturated heterocycles. The Kier molecular flexibility index (Phi) is 7.36. The minimum absolute atomic E-state index is 0.00679. The zero-order valence-electron chi connectivity index (χ0n) is 13.8. The molecule has 0 aromatic heterocycles. The third kappa shape index (κ3) is 6.45. The highest BCUT2D eigenvalue weighted by Gasteiger charge is 2.35. The SMILES string of the molecule is O=C(N[C@H](NC(=S)Nc1ccc(F)cc1)C(Cl)(Cl)Cl)c1cccc([N+](=O)[O-])c1. The van der Waals surface area contributed by atoms with Crippen LogP contribution in [0.4, 0.5) is 15.8 Å². The number of halogens is 4. The van der Waals surface area contributed by atoms with Crippen molar-refractivity contribution in [2.45, 2.75) is 9.96 Å². The van der Waals surface area contributed by atoms with E-state index in [1.807, 2.05) is 0 Å². The molecule has 0 aliphatic heterocycles. The number of carbonyl (C=O) groups is 1.